The molecule has 2 aromatic carbocycles. The number of benzene rings is 2. The van der Waals surface area contributed by atoms with E-state index in [1.165, 1.54) is 11.1 Å². The summed E-state index contributed by atoms with van der Waals surface area (Å²) in [4.78, 5) is 0. The summed E-state index contributed by atoms with van der Waals surface area (Å²) in [6.45, 7) is 0. The zero-order valence-corrected chi connectivity index (χ0v) is 12.6. The second-order valence-corrected chi connectivity index (χ2v) is 5.81. The molecule has 1 aliphatic carbocycles. The highest BCUT2D eigenvalue weighted by molar-refractivity contribution is 9.10. The van der Waals surface area contributed by atoms with E-state index in [1.54, 1.807) is 6.07 Å². The summed E-state index contributed by atoms with van der Waals surface area (Å²) in [7, 11) is 0. The van der Waals surface area contributed by atoms with Gasteiger partial charge in [-0.3, -0.25) is 0 Å². The number of rotatable bonds is 2. The van der Waals surface area contributed by atoms with Crippen LogP contribution in [0.4, 0.5) is 0 Å². The van der Waals surface area contributed by atoms with Crippen LogP contribution in [0.5, 0.6) is 5.75 Å². The third kappa shape index (κ3) is 2.57. The van der Waals surface area contributed by atoms with Crippen LogP contribution in [-0.2, 0) is 6.42 Å². The minimum absolute atomic E-state index is 0.111. The maximum absolute atomic E-state index is 8.94. The van der Waals surface area contributed by atoms with Crippen LogP contribution in [0.2, 0.25) is 0 Å². The minimum atomic E-state index is 0.111. The van der Waals surface area contributed by atoms with Gasteiger partial charge >= 0.3 is 0 Å². The van der Waals surface area contributed by atoms with Gasteiger partial charge in [0, 0.05) is 4.47 Å². The molecule has 2 aromatic rings. The zero-order chi connectivity index (χ0) is 13.9. The molecule has 3 rings (SSSR count). The van der Waals surface area contributed by atoms with Gasteiger partial charge in [-0.25, -0.2) is 0 Å². The summed E-state index contributed by atoms with van der Waals surface area (Å²) in [6, 6.07) is 16.1. The summed E-state index contributed by atoms with van der Waals surface area (Å²) in [5.74, 6) is 0.803. The van der Waals surface area contributed by atoms with Crippen LogP contribution in [0, 0.1) is 11.3 Å². The number of hydrogen-bond donors (Lipinski definition) is 0. The van der Waals surface area contributed by atoms with E-state index >= 15 is 0 Å². The highest BCUT2D eigenvalue weighted by Gasteiger charge is 2.21. The Labute approximate surface area is 127 Å². The Bertz CT molecular complexity index is 675. The topological polar surface area (TPSA) is 33.0 Å². The van der Waals surface area contributed by atoms with E-state index in [9.17, 15) is 0 Å². The van der Waals surface area contributed by atoms with Gasteiger partial charge in [-0.15, -0.1) is 0 Å². The second kappa shape index (κ2) is 5.68. The average molecular weight is 328 g/mol. The molecule has 100 valence electrons. The molecular formula is C17H14BrNO. The summed E-state index contributed by atoms with van der Waals surface area (Å²) < 4.78 is 6.90. The molecule has 0 fully saturated rings. The van der Waals surface area contributed by atoms with Crippen molar-refractivity contribution in [1.29, 1.82) is 5.26 Å². The standard InChI is InChI=1S/C17H14BrNO/c18-16-10-14(9-8-13(16)11-19)20-17-7-3-5-12-4-1-2-6-15(12)17/h1-2,4,6,8-10,17H,3,5,7H2. The number of ether oxygens (including phenoxy) is 1. The molecule has 0 heterocycles. The molecule has 0 saturated carbocycles. The molecule has 3 heteroatoms. The SMILES string of the molecule is N#Cc1ccc(OC2CCCc3ccccc32)cc1Br. The van der Waals surface area contributed by atoms with Crippen LogP contribution in [0.25, 0.3) is 0 Å². The van der Waals surface area contributed by atoms with Gasteiger partial charge in [-0.1, -0.05) is 24.3 Å². The fourth-order valence-electron chi connectivity index (χ4n) is 2.66. The first-order valence-electron chi connectivity index (χ1n) is 6.72. The lowest BCUT2D eigenvalue weighted by Gasteiger charge is -2.26. The summed E-state index contributed by atoms with van der Waals surface area (Å²) >= 11 is 3.40. The van der Waals surface area contributed by atoms with E-state index in [4.69, 9.17) is 10.00 Å². The fourth-order valence-corrected chi connectivity index (χ4v) is 3.10. The normalized spacial score (nSPS) is 17.1. The van der Waals surface area contributed by atoms with E-state index in [0.717, 1.165) is 29.5 Å². The lowest BCUT2D eigenvalue weighted by atomic mass is 9.89. The van der Waals surface area contributed by atoms with Crippen molar-refractivity contribution in [2.45, 2.75) is 25.4 Å². The lowest BCUT2D eigenvalue weighted by Crippen LogP contribution is -2.15. The van der Waals surface area contributed by atoms with Gasteiger partial charge < -0.3 is 4.74 Å². The van der Waals surface area contributed by atoms with Gasteiger partial charge in [0.05, 0.1) is 5.56 Å². The first-order chi connectivity index (χ1) is 9.78. The highest BCUT2D eigenvalue weighted by atomic mass is 79.9. The molecule has 1 unspecified atom stereocenters. The Balaban J connectivity index is 1.86. The third-order valence-corrected chi connectivity index (χ3v) is 4.31. The third-order valence-electron chi connectivity index (χ3n) is 3.65. The maximum atomic E-state index is 8.94. The molecule has 0 bridgehead atoms. The lowest BCUT2D eigenvalue weighted by molar-refractivity contribution is 0.183. The van der Waals surface area contributed by atoms with Gasteiger partial charge in [0.2, 0.25) is 0 Å². The molecule has 1 aliphatic rings. The zero-order valence-electron chi connectivity index (χ0n) is 11.0. The van der Waals surface area contributed by atoms with Crippen molar-refractivity contribution in [3.8, 4) is 11.8 Å². The van der Waals surface area contributed by atoms with Crippen molar-refractivity contribution in [2.24, 2.45) is 0 Å². The Hall–Kier alpha value is -1.79. The predicted octanol–water partition coefficient (Wildman–Crippen LogP) is 4.78. The Kier molecular flexibility index (Phi) is 3.75. The minimum Gasteiger partial charge on any atom is -0.486 e. The predicted molar refractivity (Wildman–Crippen MR) is 81.6 cm³/mol. The molecule has 0 saturated heterocycles. The van der Waals surface area contributed by atoms with Crippen molar-refractivity contribution < 1.29 is 4.74 Å². The molecule has 0 aromatic heterocycles. The van der Waals surface area contributed by atoms with E-state index in [2.05, 4.69) is 46.3 Å². The Morgan fingerprint density at radius 3 is 2.85 bits per heavy atom. The molecule has 0 amide bonds. The van der Waals surface area contributed by atoms with Crippen LogP contribution in [0.15, 0.2) is 46.9 Å². The summed E-state index contributed by atoms with van der Waals surface area (Å²) in [5.41, 5.74) is 3.30. The summed E-state index contributed by atoms with van der Waals surface area (Å²) in [5, 5.41) is 8.94. The Morgan fingerprint density at radius 1 is 1.20 bits per heavy atom. The van der Waals surface area contributed by atoms with Gasteiger partial charge in [0.15, 0.2) is 0 Å². The van der Waals surface area contributed by atoms with Crippen molar-refractivity contribution in [2.75, 3.05) is 0 Å². The number of halogens is 1. The van der Waals surface area contributed by atoms with E-state index in [-0.39, 0.29) is 6.10 Å². The molecule has 0 aliphatic heterocycles. The second-order valence-electron chi connectivity index (χ2n) is 4.95. The van der Waals surface area contributed by atoms with E-state index in [0.29, 0.717) is 5.56 Å². The first-order valence-corrected chi connectivity index (χ1v) is 7.51. The van der Waals surface area contributed by atoms with Gasteiger partial charge in [0.25, 0.3) is 0 Å². The van der Waals surface area contributed by atoms with Crippen LogP contribution >= 0.6 is 15.9 Å². The molecule has 20 heavy (non-hydrogen) atoms. The van der Waals surface area contributed by atoms with E-state index in [1.807, 2.05) is 12.1 Å². The van der Waals surface area contributed by atoms with Crippen LogP contribution < -0.4 is 4.74 Å². The number of fused-ring (bicyclic) bond motifs is 1. The monoisotopic (exact) mass is 327 g/mol. The number of aryl methyl sites for hydroxylation is 1. The summed E-state index contributed by atoms with van der Waals surface area (Å²) in [6.07, 6.45) is 3.43. The van der Waals surface area contributed by atoms with E-state index < -0.39 is 0 Å². The largest absolute Gasteiger partial charge is 0.486 e. The van der Waals surface area contributed by atoms with Crippen LogP contribution in [0.1, 0.15) is 35.6 Å². The van der Waals surface area contributed by atoms with Crippen molar-refractivity contribution in [3.63, 3.8) is 0 Å². The Morgan fingerprint density at radius 2 is 2.05 bits per heavy atom. The van der Waals surface area contributed by atoms with Gasteiger partial charge in [-0.2, -0.15) is 5.26 Å². The van der Waals surface area contributed by atoms with Crippen molar-refractivity contribution >= 4 is 15.9 Å². The first kappa shape index (κ1) is 13.2. The number of nitrogens with zero attached hydrogens (tertiary/aromatic N) is 1. The van der Waals surface area contributed by atoms with Crippen molar-refractivity contribution in [3.05, 3.63) is 63.6 Å². The van der Waals surface area contributed by atoms with Crippen LogP contribution in [-0.4, -0.2) is 0 Å². The molecule has 0 spiro atoms. The molecular weight excluding hydrogens is 314 g/mol. The number of nitriles is 1. The number of hydrogen-bond acceptors (Lipinski definition) is 2. The van der Waals surface area contributed by atoms with Crippen molar-refractivity contribution in [1.82, 2.24) is 0 Å². The fraction of sp³-hybridized carbons (Fsp3) is 0.235. The smallest absolute Gasteiger partial charge is 0.124 e. The molecule has 1 atom stereocenters. The van der Waals surface area contributed by atoms with Gasteiger partial charge in [0.1, 0.15) is 17.9 Å². The molecule has 0 N–H and O–H groups in total. The maximum Gasteiger partial charge on any atom is 0.124 e. The molecule has 0 radical (unpaired) electrons. The van der Waals surface area contributed by atoms with Crippen LogP contribution in [0.3, 0.4) is 0 Å². The highest BCUT2D eigenvalue weighted by Crippen LogP contribution is 2.34. The quantitative estimate of drug-likeness (QED) is 0.795. The van der Waals surface area contributed by atoms with Gasteiger partial charge in [-0.05, 0) is 64.5 Å². The molecule has 2 nitrogen and oxygen atoms in total. The average Bonchev–Trinajstić information content (AvgIpc) is 2.48.